The maximum atomic E-state index is 5.48. The molecule has 5 nitrogen and oxygen atoms in total. The highest BCUT2D eigenvalue weighted by Gasteiger charge is 2.23. The molecule has 0 amide bonds. The van der Waals surface area contributed by atoms with E-state index < -0.39 is 0 Å². The van der Waals surface area contributed by atoms with E-state index in [4.69, 9.17) is 14.2 Å². The third-order valence-electron chi connectivity index (χ3n) is 4.85. The van der Waals surface area contributed by atoms with Gasteiger partial charge in [-0.05, 0) is 25.2 Å². The molecule has 0 spiro atoms. The second-order valence-electron chi connectivity index (χ2n) is 6.55. The Labute approximate surface area is 138 Å². The quantitative estimate of drug-likeness (QED) is 0.873. The van der Waals surface area contributed by atoms with Crippen LogP contribution in [0.3, 0.4) is 0 Å². The SMILES string of the molecule is COc1cc(NC2CCN(CC3CCOC3)CC2)cc(OC)c1. The standard InChI is InChI=1S/C18H28N2O3/c1-21-17-9-16(10-18(11-17)22-2)19-15-3-6-20(7-4-15)12-14-5-8-23-13-14/h9-11,14-15,19H,3-8,12-13H2,1-2H3. The molecule has 2 fully saturated rings. The summed E-state index contributed by atoms with van der Waals surface area (Å²) >= 11 is 0. The first kappa shape index (κ1) is 16.4. The summed E-state index contributed by atoms with van der Waals surface area (Å²) in [7, 11) is 3.37. The molecular weight excluding hydrogens is 292 g/mol. The fraction of sp³-hybridized carbons (Fsp3) is 0.667. The molecule has 0 aliphatic carbocycles. The Balaban J connectivity index is 1.50. The van der Waals surface area contributed by atoms with Gasteiger partial charge in [-0.3, -0.25) is 0 Å². The Bertz CT molecular complexity index is 473. The van der Waals surface area contributed by atoms with Gasteiger partial charge in [-0.1, -0.05) is 0 Å². The van der Waals surface area contributed by atoms with E-state index in [2.05, 4.69) is 10.2 Å². The van der Waals surface area contributed by atoms with Crippen LogP contribution in [0.2, 0.25) is 0 Å². The zero-order valence-corrected chi connectivity index (χ0v) is 14.2. The van der Waals surface area contributed by atoms with E-state index in [9.17, 15) is 0 Å². The van der Waals surface area contributed by atoms with Crippen molar-refractivity contribution in [2.45, 2.75) is 25.3 Å². The van der Waals surface area contributed by atoms with E-state index >= 15 is 0 Å². The third-order valence-corrected chi connectivity index (χ3v) is 4.85. The molecular formula is C18H28N2O3. The highest BCUT2D eigenvalue weighted by atomic mass is 16.5. The normalized spacial score (nSPS) is 23.0. The molecule has 2 aliphatic heterocycles. The summed E-state index contributed by atoms with van der Waals surface area (Å²) in [5, 5.41) is 3.63. The van der Waals surface area contributed by atoms with E-state index in [1.807, 2.05) is 18.2 Å². The van der Waals surface area contributed by atoms with Gasteiger partial charge in [-0.25, -0.2) is 0 Å². The first-order chi connectivity index (χ1) is 11.3. The molecule has 1 aromatic rings. The van der Waals surface area contributed by atoms with Crippen molar-refractivity contribution in [2.75, 3.05) is 52.4 Å². The van der Waals surface area contributed by atoms with Crippen molar-refractivity contribution in [1.29, 1.82) is 0 Å². The molecule has 1 atom stereocenters. The molecule has 2 saturated heterocycles. The number of hydrogen-bond donors (Lipinski definition) is 1. The van der Waals surface area contributed by atoms with Gasteiger partial charge in [0.2, 0.25) is 0 Å². The van der Waals surface area contributed by atoms with Crippen LogP contribution in [0.25, 0.3) is 0 Å². The van der Waals surface area contributed by atoms with Gasteiger partial charge in [0.25, 0.3) is 0 Å². The van der Waals surface area contributed by atoms with Crippen LogP contribution >= 0.6 is 0 Å². The minimum atomic E-state index is 0.517. The second-order valence-corrected chi connectivity index (χ2v) is 6.55. The number of anilines is 1. The number of rotatable bonds is 6. The molecule has 1 unspecified atom stereocenters. The number of benzene rings is 1. The average Bonchev–Trinajstić information content (AvgIpc) is 3.09. The third kappa shape index (κ3) is 4.52. The minimum absolute atomic E-state index is 0.517. The molecule has 2 heterocycles. The summed E-state index contributed by atoms with van der Waals surface area (Å²) in [6.45, 7) is 5.41. The zero-order valence-electron chi connectivity index (χ0n) is 14.2. The van der Waals surface area contributed by atoms with Crippen molar-refractivity contribution in [1.82, 2.24) is 4.90 Å². The van der Waals surface area contributed by atoms with Crippen LogP contribution in [0.1, 0.15) is 19.3 Å². The smallest absolute Gasteiger partial charge is 0.124 e. The maximum absolute atomic E-state index is 5.48. The van der Waals surface area contributed by atoms with Crippen LogP contribution < -0.4 is 14.8 Å². The summed E-state index contributed by atoms with van der Waals surface area (Å²) in [6.07, 6.45) is 3.57. The van der Waals surface area contributed by atoms with E-state index in [1.54, 1.807) is 14.2 Å². The molecule has 1 aromatic carbocycles. The molecule has 1 N–H and O–H groups in total. The fourth-order valence-electron chi connectivity index (χ4n) is 3.48. The lowest BCUT2D eigenvalue weighted by Crippen LogP contribution is -2.41. The van der Waals surface area contributed by atoms with Gasteiger partial charge in [0, 0.05) is 56.2 Å². The Kier molecular flexibility index (Phi) is 5.62. The summed E-state index contributed by atoms with van der Waals surface area (Å²) in [6, 6.07) is 6.48. The predicted octanol–water partition coefficient (Wildman–Crippen LogP) is 2.62. The predicted molar refractivity (Wildman–Crippen MR) is 91.6 cm³/mol. The largest absolute Gasteiger partial charge is 0.497 e. The van der Waals surface area contributed by atoms with Crippen molar-refractivity contribution in [3.63, 3.8) is 0 Å². The van der Waals surface area contributed by atoms with Crippen molar-refractivity contribution in [3.05, 3.63) is 18.2 Å². The Hall–Kier alpha value is -1.46. The van der Waals surface area contributed by atoms with Gasteiger partial charge < -0.3 is 24.4 Å². The number of hydrogen-bond acceptors (Lipinski definition) is 5. The lowest BCUT2D eigenvalue weighted by Gasteiger charge is -2.34. The summed E-state index contributed by atoms with van der Waals surface area (Å²) in [5.74, 6) is 2.39. The molecule has 23 heavy (non-hydrogen) atoms. The van der Waals surface area contributed by atoms with Crippen molar-refractivity contribution >= 4 is 5.69 Å². The number of nitrogens with zero attached hydrogens (tertiary/aromatic N) is 1. The average molecular weight is 320 g/mol. The number of methoxy groups -OCH3 is 2. The van der Waals surface area contributed by atoms with Crippen LogP contribution in [-0.4, -0.2) is 58.0 Å². The number of nitrogens with one attached hydrogen (secondary N) is 1. The topological polar surface area (TPSA) is 43.0 Å². The Morgan fingerprint density at radius 2 is 1.78 bits per heavy atom. The molecule has 0 radical (unpaired) electrons. The van der Waals surface area contributed by atoms with Crippen molar-refractivity contribution < 1.29 is 14.2 Å². The van der Waals surface area contributed by atoms with Gasteiger partial charge in [0.1, 0.15) is 11.5 Å². The molecule has 5 heteroatoms. The van der Waals surface area contributed by atoms with Gasteiger partial charge in [0.05, 0.1) is 20.8 Å². The van der Waals surface area contributed by atoms with E-state index in [0.29, 0.717) is 6.04 Å². The number of likely N-dealkylation sites (tertiary alicyclic amines) is 1. The Morgan fingerprint density at radius 1 is 1.09 bits per heavy atom. The zero-order chi connectivity index (χ0) is 16.1. The van der Waals surface area contributed by atoms with Gasteiger partial charge >= 0.3 is 0 Å². The van der Waals surface area contributed by atoms with Crippen LogP contribution in [-0.2, 0) is 4.74 Å². The van der Waals surface area contributed by atoms with Crippen molar-refractivity contribution in [3.8, 4) is 11.5 Å². The first-order valence-electron chi connectivity index (χ1n) is 8.56. The van der Waals surface area contributed by atoms with Gasteiger partial charge in [-0.2, -0.15) is 0 Å². The van der Waals surface area contributed by atoms with Gasteiger partial charge in [0.15, 0.2) is 0 Å². The van der Waals surface area contributed by atoms with Crippen LogP contribution in [0.4, 0.5) is 5.69 Å². The molecule has 128 valence electrons. The molecule has 0 aromatic heterocycles. The summed E-state index contributed by atoms with van der Waals surface area (Å²) in [5.41, 5.74) is 1.07. The lowest BCUT2D eigenvalue weighted by atomic mass is 10.0. The van der Waals surface area contributed by atoms with Crippen LogP contribution in [0.15, 0.2) is 18.2 Å². The molecule has 0 saturated carbocycles. The van der Waals surface area contributed by atoms with E-state index in [1.165, 1.54) is 25.8 Å². The first-order valence-corrected chi connectivity index (χ1v) is 8.56. The number of piperidine rings is 1. The monoisotopic (exact) mass is 320 g/mol. The lowest BCUT2D eigenvalue weighted by molar-refractivity contribution is 0.154. The molecule has 2 aliphatic rings. The van der Waals surface area contributed by atoms with Crippen molar-refractivity contribution in [2.24, 2.45) is 5.92 Å². The fourth-order valence-corrected chi connectivity index (χ4v) is 3.48. The number of ether oxygens (including phenoxy) is 3. The minimum Gasteiger partial charge on any atom is -0.497 e. The highest BCUT2D eigenvalue weighted by Crippen LogP contribution is 2.27. The molecule has 0 bridgehead atoms. The van der Waals surface area contributed by atoms with Gasteiger partial charge in [-0.15, -0.1) is 0 Å². The maximum Gasteiger partial charge on any atom is 0.124 e. The molecule has 3 rings (SSSR count). The second kappa shape index (κ2) is 7.88. The summed E-state index contributed by atoms with van der Waals surface area (Å²) in [4.78, 5) is 2.59. The summed E-state index contributed by atoms with van der Waals surface area (Å²) < 4.78 is 16.2. The van der Waals surface area contributed by atoms with Crippen LogP contribution in [0, 0.1) is 5.92 Å². The van der Waals surface area contributed by atoms with E-state index in [-0.39, 0.29) is 0 Å². The van der Waals surface area contributed by atoms with Crippen LogP contribution in [0.5, 0.6) is 11.5 Å². The van der Waals surface area contributed by atoms with E-state index in [0.717, 1.165) is 49.4 Å². The highest BCUT2D eigenvalue weighted by molar-refractivity contribution is 5.54. The Morgan fingerprint density at radius 3 is 2.35 bits per heavy atom.